The van der Waals surface area contributed by atoms with Crippen molar-refractivity contribution in [3.05, 3.63) is 83.4 Å². The zero-order valence-electron chi connectivity index (χ0n) is 13.3. The molecule has 4 nitrogen and oxygen atoms in total. The zero-order chi connectivity index (χ0) is 16.9. The molecule has 2 atom stereocenters. The van der Waals surface area contributed by atoms with Crippen molar-refractivity contribution in [3.8, 4) is 0 Å². The maximum absolute atomic E-state index is 13.2. The van der Waals surface area contributed by atoms with Gasteiger partial charge in [0.2, 0.25) is 0 Å². The molecule has 1 heterocycles. The lowest BCUT2D eigenvalue weighted by Gasteiger charge is -2.25. The molecular formula is C19H18ClN3O. The van der Waals surface area contributed by atoms with Crippen LogP contribution in [-0.2, 0) is 0 Å². The smallest absolute Gasteiger partial charge is 0.188 e. The molecule has 0 spiro atoms. The standard InChI is InChI=1S/C19H18ClN3O/c1-2-17(14-6-4-3-5-7-14)18(23-13-21-12-22-23)19(24)15-8-10-16(20)11-9-15/h3-13,17-18H,2H2,1H3. The Labute approximate surface area is 146 Å². The van der Waals surface area contributed by atoms with Crippen molar-refractivity contribution in [3.63, 3.8) is 0 Å². The van der Waals surface area contributed by atoms with Crippen molar-refractivity contribution in [1.82, 2.24) is 14.8 Å². The lowest BCUT2D eigenvalue weighted by atomic mass is 9.85. The van der Waals surface area contributed by atoms with Gasteiger partial charge in [0, 0.05) is 16.5 Å². The maximum Gasteiger partial charge on any atom is 0.188 e. The fourth-order valence-electron chi connectivity index (χ4n) is 2.97. The highest BCUT2D eigenvalue weighted by atomic mass is 35.5. The molecular weight excluding hydrogens is 322 g/mol. The topological polar surface area (TPSA) is 47.8 Å². The lowest BCUT2D eigenvalue weighted by Crippen LogP contribution is -2.27. The van der Waals surface area contributed by atoms with Gasteiger partial charge in [0.1, 0.15) is 18.7 Å². The Kier molecular flexibility index (Phi) is 5.06. The van der Waals surface area contributed by atoms with Crippen LogP contribution in [0.3, 0.4) is 0 Å². The average molecular weight is 340 g/mol. The Bertz CT molecular complexity index is 785. The molecule has 2 aromatic carbocycles. The van der Waals surface area contributed by atoms with E-state index in [0.717, 1.165) is 12.0 Å². The first-order valence-corrected chi connectivity index (χ1v) is 8.27. The number of hydrogen-bond acceptors (Lipinski definition) is 3. The number of Topliss-reactive ketones (excluding diaryl/α,β-unsaturated/α-hetero) is 1. The van der Waals surface area contributed by atoms with Gasteiger partial charge in [-0.25, -0.2) is 9.67 Å². The molecule has 24 heavy (non-hydrogen) atoms. The van der Waals surface area contributed by atoms with Crippen LogP contribution in [0.2, 0.25) is 5.02 Å². The summed E-state index contributed by atoms with van der Waals surface area (Å²) >= 11 is 5.94. The van der Waals surface area contributed by atoms with E-state index < -0.39 is 6.04 Å². The van der Waals surface area contributed by atoms with E-state index in [-0.39, 0.29) is 11.7 Å². The first-order valence-electron chi connectivity index (χ1n) is 7.89. The van der Waals surface area contributed by atoms with Crippen molar-refractivity contribution in [1.29, 1.82) is 0 Å². The molecule has 0 saturated carbocycles. The summed E-state index contributed by atoms with van der Waals surface area (Å²) in [5.74, 6) is 0.0175. The number of ketones is 1. The molecule has 0 N–H and O–H groups in total. The number of hydrogen-bond donors (Lipinski definition) is 0. The Balaban J connectivity index is 2.03. The van der Waals surface area contributed by atoms with Crippen LogP contribution in [0.1, 0.15) is 41.2 Å². The van der Waals surface area contributed by atoms with Gasteiger partial charge in [-0.15, -0.1) is 0 Å². The highest BCUT2D eigenvalue weighted by molar-refractivity contribution is 6.30. The van der Waals surface area contributed by atoms with Crippen LogP contribution in [-0.4, -0.2) is 20.5 Å². The van der Waals surface area contributed by atoms with Crippen LogP contribution in [0.5, 0.6) is 0 Å². The highest BCUT2D eigenvalue weighted by Crippen LogP contribution is 2.34. The normalized spacial score (nSPS) is 13.4. The van der Waals surface area contributed by atoms with Gasteiger partial charge in [-0.05, 0) is 36.2 Å². The summed E-state index contributed by atoms with van der Waals surface area (Å²) in [6, 6.07) is 16.6. The van der Waals surface area contributed by atoms with E-state index in [9.17, 15) is 4.79 Å². The summed E-state index contributed by atoms with van der Waals surface area (Å²) < 4.78 is 1.65. The molecule has 5 heteroatoms. The number of halogens is 1. The Hall–Kier alpha value is -2.46. The third kappa shape index (κ3) is 3.39. The molecule has 3 rings (SSSR count). The number of aromatic nitrogens is 3. The molecule has 3 aromatic rings. The Morgan fingerprint density at radius 1 is 1.12 bits per heavy atom. The third-order valence-corrected chi connectivity index (χ3v) is 4.42. The second kappa shape index (κ2) is 7.41. The van der Waals surface area contributed by atoms with Gasteiger partial charge in [-0.2, -0.15) is 5.10 Å². The molecule has 0 aliphatic heterocycles. The molecule has 2 unspecified atom stereocenters. The van der Waals surface area contributed by atoms with Crippen LogP contribution in [0.4, 0.5) is 0 Å². The summed E-state index contributed by atoms with van der Waals surface area (Å²) in [5, 5.41) is 4.84. The minimum Gasteiger partial charge on any atom is -0.292 e. The van der Waals surface area contributed by atoms with Gasteiger partial charge in [0.05, 0.1) is 0 Å². The van der Waals surface area contributed by atoms with Gasteiger partial charge in [0.15, 0.2) is 5.78 Å². The quantitative estimate of drug-likeness (QED) is 0.619. The Morgan fingerprint density at radius 2 is 1.83 bits per heavy atom. The van der Waals surface area contributed by atoms with E-state index in [2.05, 4.69) is 17.0 Å². The monoisotopic (exact) mass is 339 g/mol. The largest absolute Gasteiger partial charge is 0.292 e. The van der Waals surface area contributed by atoms with Gasteiger partial charge in [-0.3, -0.25) is 4.79 Å². The summed E-state index contributed by atoms with van der Waals surface area (Å²) in [6.07, 6.45) is 3.87. The van der Waals surface area contributed by atoms with E-state index in [1.54, 1.807) is 35.3 Å². The van der Waals surface area contributed by atoms with Crippen LogP contribution in [0, 0.1) is 0 Å². The number of rotatable bonds is 6. The highest BCUT2D eigenvalue weighted by Gasteiger charge is 2.31. The molecule has 0 fully saturated rings. The first kappa shape index (κ1) is 16.4. The Morgan fingerprint density at radius 3 is 2.42 bits per heavy atom. The average Bonchev–Trinajstić information content (AvgIpc) is 3.14. The SMILES string of the molecule is CCC(c1ccccc1)C(C(=O)c1ccc(Cl)cc1)n1cncn1. The predicted molar refractivity (Wildman–Crippen MR) is 94.3 cm³/mol. The van der Waals surface area contributed by atoms with E-state index >= 15 is 0 Å². The number of nitrogens with zero attached hydrogens (tertiary/aromatic N) is 3. The van der Waals surface area contributed by atoms with Crippen molar-refractivity contribution >= 4 is 17.4 Å². The summed E-state index contributed by atoms with van der Waals surface area (Å²) in [7, 11) is 0. The molecule has 0 bridgehead atoms. The van der Waals surface area contributed by atoms with E-state index in [1.807, 2.05) is 30.3 Å². The molecule has 122 valence electrons. The van der Waals surface area contributed by atoms with Gasteiger partial charge < -0.3 is 0 Å². The predicted octanol–water partition coefficient (Wildman–Crippen LogP) is 4.55. The number of carbonyl (C=O) groups is 1. The first-order chi connectivity index (χ1) is 11.7. The van der Waals surface area contributed by atoms with E-state index in [4.69, 9.17) is 11.6 Å². The third-order valence-electron chi connectivity index (χ3n) is 4.17. The lowest BCUT2D eigenvalue weighted by molar-refractivity contribution is 0.0894. The second-order valence-corrected chi connectivity index (χ2v) is 6.05. The molecule has 0 aliphatic rings. The summed E-state index contributed by atoms with van der Waals surface area (Å²) in [4.78, 5) is 17.2. The fraction of sp³-hybridized carbons (Fsp3) is 0.211. The molecule has 0 aliphatic carbocycles. The molecule has 0 saturated heterocycles. The molecule has 0 amide bonds. The van der Waals surface area contributed by atoms with Gasteiger partial charge >= 0.3 is 0 Å². The van der Waals surface area contributed by atoms with Crippen LogP contribution >= 0.6 is 11.6 Å². The van der Waals surface area contributed by atoms with Crippen molar-refractivity contribution in [2.75, 3.05) is 0 Å². The van der Waals surface area contributed by atoms with Gasteiger partial charge in [0.25, 0.3) is 0 Å². The van der Waals surface area contributed by atoms with Crippen molar-refractivity contribution < 1.29 is 4.79 Å². The number of carbonyl (C=O) groups excluding carboxylic acids is 1. The van der Waals surface area contributed by atoms with E-state index in [1.165, 1.54) is 6.33 Å². The minimum absolute atomic E-state index is 0.00729. The second-order valence-electron chi connectivity index (χ2n) is 5.62. The van der Waals surface area contributed by atoms with Crippen LogP contribution < -0.4 is 0 Å². The van der Waals surface area contributed by atoms with Gasteiger partial charge in [-0.1, -0.05) is 48.9 Å². The van der Waals surface area contributed by atoms with Crippen molar-refractivity contribution in [2.45, 2.75) is 25.3 Å². The molecule has 0 radical (unpaired) electrons. The minimum atomic E-state index is -0.443. The van der Waals surface area contributed by atoms with Crippen LogP contribution in [0.15, 0.2) is 67.3 Å². The molecule has 1 aromatic heterocycles. The number of benzene rings is 2. The summed E-state index contributed by atoms with van der Waals surface area (Å²) in [5.41, 5.74) is 1.73. The zero-order valence-corrected chi connectivity index (χ0v) is 14.1. The van der Waals surface area contributed by atoms with E-state index in [0.29, 0.717) is 10.6 Å². The fourth-order valence-corrected chi connectivity index (χ4v) is 3.10. The maximum atomic E-state index is 13.2. The summed E-state index contributed by atoms with van der Waals surface area (Å²) in [6.45, 7) is 2.08. The van der Waals surface area contributed by atoms with Crippen LogP contribution in [0.25, 0.3) is 0 Å². The van der Waals surface area contributed by atoms with Crippen molar-refractivity contribution in [2.24, 2.45) is 0 Å².